The van der Waals surface area contributed by atoms with Gasteiger partial charge in [-0.15, -0.1) is 0 Å². The molecule has 3 aromatic carbocycles. The van der Waals surface area contributed by atoms with Gasteiger partial charge in [0.15, 0.2) is 5.78 Å². The largest absolute Gasteiger partial charge is 0.362 e. The van der Waals surface area contributed by atoms with Crippen LogP contribution in [0.3, 0.4) is 0 Å². The normalized spacial score (nSPS) is 19.3. The predicted molar refractivity (Wildman–Crippen MR) is 124 cm³/mol. The molecule has 1 amide bonds. The van der Waals surface area contributed by atoms with Crippen LogP contribution in [0, 0.1) is 0 Å². The van der Waals surface area contributed by atoms with E-state index < -0.39 is 12.3 Å². The lowest BCUT2D eigenvalue weighted by molar-refractivity contribution is -0.135. The van der Waals surface area contributed by atoms with E-state index in [1.165, 1.54) is 0 Å². The zero-order valence-electron chi connectivity index (χ0n) is 18.0. The van der Waals surface area contributed by atoms with Crippen LogP contribution in [0.15, 0.2) is 91.0 Å². The van der Waals surface area contributed by atoms with E-state index in [0.717, 1.165) is 17.5 Å². The number of nitrogens with zero attached hydrogens (tertiary/aromatic N) is 1. The van der Waals surface area contributed by atoms with Crippen LogP contribution >= 0.6 is 0 Å². The molecule has 164 valence electrons. The number of rotatable bonds is 7. The Morgan fingerprint density at radius 1 is 0.875 bits per heavy atom. The third kappa shape index (κ3) is 5.69. The molecule has 1 aliphatic heterocycles. The molecule has 0 spiro atoms. The number of hydrogen-bond acceptors (Lipinski definition) is 4. The zero-order chi connectivity index (χ0) is 22.2. The minimum atomic E-state index is -0.742. The van der Waals surface area contributed by atoms with Gasteiger partial charge in [0.05, 0.1) is 6.61 Å². The number of ether oxygens (including phenoxy) is 1. The molecule has 0 radical (unpaired) electrons. The van der Waals surface area contributed by atoms with Gasteiger partial charge >= 0.3 is 0 Å². The van der Waals surface area contributed by atoms with Gasteiger partial charge in [-0.3, -0.25) is 14.5 Å². The van der Waals surface area contributed by atoms with Crippen LogP contribution in [0.2, 0.25) is 0 Å². The Balaban J connectivity index is 1.59. The van der Waals surface area contributed by atoms with Gasteiger partial charge in [0.25, 0.3) is 5.91 Å². The highest BCUT2D eigenvalue weighted by molar-refractivity contribution is 5.95. The van der Waals surface area contributed by atoms with Crippen molar-refractivity contribution in [3.05, 3.63) is 108 Å². The molecule has 1 fully saturated rings. The van der Waals surface area contributed by atoms with Crippen LogP contribution < -0.4 is 5.32 Å². The monoisotopic (exact) mass is 428 g/mol. The van der Waals surface area contributed by atoms with E-state index in [1.807, 2.05) is 66.7 Å². The van der Waals surface area contributed by atoms with Crippen LogP contribution in [0.1, 0.15) is 34.3 Å². The third-order valence-electron chi connectivity index (χ3n) is 5.68. The van der Waals surface area contributed by atoms with Crippen molar-refractivity contribution in [3.8, 4) is 0 Å². The maximum absolute atomic E-state index is 13.1. The fourth-order valence-electron chi connectivity index (χ4n) is 4.02. The van der Waals surface area contributed by atoms with E-state index in [0.29, 0.717) is 31.7 Å². The highest BCUT2D eigenvalue weighted by Crippen LogP contribution is 2.21. The number of amides is 1. The molecule has 1 N–H and O–H groups in total. The Hall–Kier alpha value is -3.28. The summed E-state index contributed by atoms with van der Waals surface area (Å²) in [4.78, 5) is 28.3. The molecule has 4 rings (SSSR count). The average Bonchev–Trinajstić information content (AvgIpc) is 2.98. The Morgan fingerprint density at radius 3 is 2.12 bits per heavy atom. The summed E-state index contributed by atoms with van der Waals surface area (Å²) in [5.74, 6) is -0.188. The molecule has 2 atom stereocenters. The summed E-state index contributed by atoms with van der Waals surface area (Å²) in [6.07, 6.45) is -0.132. The molecule has 0 aromatic heterocycles. The lowest BCUT2D eigenvalue weighted by Gasteiger charge is -2.34. The van der Waals surface area contributed by atoms with Crippen molar-refractivity contribution in [3.63, 3.8) is 0 Å². The van der Waals surface area contributed by atoms with E-state index in [2.05, 4.69) is 22.3 Å². The smallest absolute Gasteiger partial charge is 0.252 e. The number of carbonyl (C=O) groups excluding carboxylic acids is 2. The van der Waals surface area contributed by atoms with Crippen molar-refractivity contribution in [2.24, 2.45) is 0 Å². The first-order valence-corrected chi connectivity index (χ1v) is 11.0. The van der Waals surface area contributed by atoms with Crippen molar-refractivity contribution in [1.82, 2.24) is 10.2 Å². The SMILES string of the molecule is O=C(NC1C(OCc2ccccc2)C(=O)CCCN1Cc1ccccc1)c1ccccc1. The molecule has 0 aliphatic carbocycles. The van der Waals surface area contributed by atoms with Gasteiger partial charge in [0, 0.05) is 25.1 Å². The quantitative estimate of drug-likeness (QED) is 0.613. The van der Waals surface area contributed by atoms with Gasteiger partial charge in [-0.1, -0.05) is 78.9 Å². The Morgan fingerprint density at radius 2 is 1.47 bits per heavy atom. The highest BCUT2D eigenvalue weighted by Gasteiger charge is 2.37. The fourth-order valence-corrected chi connectivity index (χ4v) is 4.02. The first-order chi connectivity index (χ1) is 15.7. The number of benzene rings is 3. The van der Waals surface area contributed by atoms with Crippen LogP contribution in [-0.4, -0.2) is 35.4 Å². The fraction of sp³-hybridized carbons (Fsp3) is 0.259. The Bertz CT molecular complexity index is 1010. The lowest BCUT2D eigenvalue weighted by atomic mass is 10.1. The molecule has 0 bridgehead atoms. The lowest BCUT2D eigenvalue weighted by Crippen LogP contribution is -2.56. The summed E-state index contributed by atoms with van der Waals surface area (Å²) >= 11 is 0. The zero-order valence-corrected chi connectivity index (χ0v) is 18.0. The number of Topliss-reactive ketones (excluding diaryl/α,β-unsaturated/α-hetero) is 1. The highest BCUT2D eigenvalue weighted by atomic mass is 16.5. The van der Waals surface area contributed by atoms with Gasteiger partial charge in [-0.2, -0.15) is 0 Å². The van der Waals surface area contributed by atoms with Gasteiger partial charge < -0.3 is 10.1 Å². The summed E-state index contributed by atoms with van der Waals surface area (Å²) in [6, 6.07) is 29.0. The molecule has 0 saturated carbocycles. The number of nitrogens with one attached hydrogen (secondary N) is 1. The second-order valence-electron chi connectivity index (χ2n) is 8.03. The molecule has 1 saturated heterocycles. The first-order valence-electron chi connectivity index (χ1n) is 11.0. The summed E-state index contributed by atoms with van der Waals surface area (Å²) in [5, 5.41) is 3.10. The summed E-state index contributed by atoms with van der Waals surface area (Å²) < 4.78 is 6.17. The van der Waals surface area contributed by atoms with E-state index in [1.54, 1.807) is 12.1 Å². The molecule has 3 aromatic rings. The van der Waals surface area contributed by atoms with E-state index in [9.17, 15) is 9.59 Å². The van der Waals surface area contributed by atoms with Crippen LogP contribution in [0.5, 0.6) is 0 Å². The molecule has 1 aliphatic rings. The third-order valence-corrected chi connectivity index (χ3v) is 5.68. The molecule has 2 unspecified atom stereocenters. The van der Waals surface area contributed by atoms with Gasteiger partial charge in [-0.25, -0.2) is 0 Å². The van der Waals surface area contributed by atoms with Crippen molar-refractivity contribution < 1.29 is 14.3 Å². The molecular formula is C27H28N2O3. The van der Waals surface area contributed by atoms with Crippen molar-refractivity contribution in [2.45, 2.75) is 38.3 Å². The van der Waals surface area contributed by atoms with Crippen LogP contribution in [-0.2, 0) is 22.7 Å². The van der Waals surface area contributed by atoms with E-state index >= 15 is 0 Å². The maximum atomic E-state index is 13.1. The van der Waals surface area contributed by atoms with Gasteiger partial charge in [0.2, 0.25) is 0 Å². The van der Waals surface area contributed by atoms with Gasteiger partial charge in [-0.05, 0) is 29.7 Å². The first kappa shape index (κ1) is 21.9. The second kappa shape index (κ2) is 10.8. The summed E-state index contributed by atoms with van der Waals surface area (Å²) in [6.45, 7) is 1.64. The standard InChI is InChI=1S/C27H28N2O3/c30-24-17-10-18-29(19-21-11-4-1-5-12-21)26(28-27(31)23-15-8-3-9-16-23)25(24)32-20-22-13-6-2-7-14-22/h1-9,11-16,25-26H,10,17-20H2,(H,28,31). The number of ketones is 1. The molecule has 32 heavy (non-hydrogen) atoms. The topological polar surface area (TPSA) is 58.6 Å². The van der Waals surface area contributed by atoms with Crippen LogP contribution in [0.4, 0.5) is 0 Å². The molecular weight excluding hydrogens is 400 g/mol. The minimum Gasteiger partial charge on any atom is -0.362 e. The number of hydrogen-bond donors (Lipinski definition) is 1. The Labute approximate surface area is 189 Å². The summed E-state index contributed by atoms with van der Waals surface area (Å²) in [7, 11) is 0. The number of carbonyl (C=O) groups is 2. The average molecular weight is 429 g/mol. The van der Waals surface area contributed by atoms with Crippen molar-refractivity contribution in [2.75, 3.05) is 6.54 Å². The Kier molecular flexibility index (Phi) is 7.43. The van der Waals surface area contributed by atoms with Crippen molar-refractivity contribution >= 4 is 11.7 Å². The molecule has 1 heterocycles. The predicted octanol–water partition coefficient (Wildman–Crippen LogP) is 4.19. The molecule has 5 nitrogen and oxygen atoms in total. The van der Waals surface area contributed by atoms with Crippen molar-refractivity contribution in [1.29, 1.82) is 0 Å². The van der Waals surface area contributed by atoms with Gasteiger partial charge in [0.1, 0.15) is 12.3 Å². The van der Waals surface area contributed by atoms with Crippen LogP contribution in [0.25, 0.3) is 0 Å². The molecule has 5 heteroatoms. The van der Waals surface area contributed by atoms with E-state index in [-0.39, 0.29) is 11.7 Å². The maximum Gasteiger partial charge on any atom is 0.252 e. The minimum absolute atomic E-state index is 0.0230. The second-order valence-corrected chi connectivity index (χ2v) is 8.03. The summed E-state index contributed by atoms with van der Waals surface area (Å²) in [5.41, 5.74) is 2.68. The number of likely N-dealkylation sites (tertiary alicyclic amines) is 1. The van der Waals surface area contributed by atoms with E-state index in [4.69, 9.17) is 4.74 Å².